The van der Waals surface area contributed by atoms with E-state index in [4.69, 9.17) is 28.4 Å². The maximum atomic E-state index is 12.6. The SMILES string of the molecule is COc1ccc(C(=O)OC[C@H]2O[C@@H](OC[C@H]3[C@H](CO)Cc4cc(OC)c(O)cc4[C@@H]3c3ccc(O)c(OC)c3)[C@H](O)[C@@H](O)[C@@H]2O)cc1O. The van der Waals surface area contributed by atoms with Crippen LogP contribution >= 0.6 is 0 Å². The fourth-order valence-corrected chi connectivity index (χ4v) is 6.40. The second kappa shape index (κ2) is 14.8. The summed E-state index contributed by atoms with van der Waals surface area (Å²) in [6.45, 7) is -0.908. The van der Waals surface area contributed by atoms with Crippen molar-refractivity contribution in [3.8, 4) is 34.5 Å². The van der Waals surface area contributed by atoms with E-state index >= 15 is 0 Å². The van der Waals surface area contributed by atoms with Crippen LogP contribution in [0.2, 0.25) is 0 Å². The maximum absolute atomic E-state index is 12.6. The van der Waals surface area contributed by atoms with Crippen LogP contribution in [0, 0.1) is 11.8 Å². The molecule has 3 aromatic rings. The minimum Gasteiger partial charge on any atom is -0.504 e. The Morgan fingerprint density at radius 1 is 0.792 bits per heavy atom. The zero-order valence-corrected chi connectivity index (χ0v) is 26.6. The largest absolute Gasteiger partial charge is 0.504 e. The van der Waals surface area contributed by atoms with Crippen LogP contribution in [0.15, 0.2) is 48.5 Å². The van der Waals surface area contributed by atoms with Gasteiger partial charge in [0.2, 0.25) is 0 Å². The fraction of sp³-hybridized carbons (Fsp3) is 0.441. The number of esters is 1. The molecule has 3 aromatic carbocycles. The van der Waals surface area contributed by atoms with Gasteiger partial charge in [-0.15, -0.1) is 0 Å². The Bertz CT molecular complexity index is 1590. The lowest BCUT2D eigenvalue weighted by Gasteiger charge is -2.43. The maximum Gasteiger partial charge on any atom is 0.338 e. The first-order chi connectivity index (χ1) is 23.0. The van der Waals surface area contributed by atoms with Crippen molar-refractivity contribution in [2.75, 3.05) is 41.2 Å². The number of rotatable bonds is 11. The molecule has 1 saturated heterocycles. The van der Waals surface area contributed by atoms with E-state index in [2.05, 4.69) is 0 Å². The van der Waals surface area contributed by atoms with Crippen LogP contribution in [-0.2, 0) is 20.6 Å². The van der Waals surface area contributed by atoms with Crippen molar-refractivity contribution < 1.29 is 69.0 Å². The number of carbonyl (C=O) groups is 1. The minimum atomic E-state index is -1.72. The number of aliphatic hydroxyl groups is 4. The Morgan fingerprint density at radius 2 is 1.48 bits per heavy atom. The van der Waals surface area contributed by atoms with Gasteiger partial charge in [0.15, 0.2) is 40.8 Å². The van der Waals surface area contributed by atoms with E-state index in [0.29, 0.717) is 17.5 Å². The summed E-state index contributed by atoms with van der Waals surface area (Å²) < 4.78 is 32.8. The number of benzene rings is 3. The normalized spacial score (nSPS) is 26.7. The average Bonchev–Trinajstić information content (AvgIpc) is 3.09. The molecule has 5 rings (SSSR count). The van der Waals surface area contributed by atoms with Crippen LogP contribution in [0.5, 0.6) is 34.5 Å². The van der Waals surface area contributed by atoms with Crippen molar-refractivity contribution in [1.29, 1.82) is 0 Å². The van der Waals surface area contributed by atoms with E-state index < -0.39 is 61.0 Å². The monoisotopic (exact) mass is 672 g/mol. The van der Waals surface area contributed by atoms with E-state index in [1.165, 1.54) is 39.5 Å². The van der Waals surface area contributed by atoms with Crippen LogP contribution in [0.1, 0.15) is 33.0 Å². The summed E-state index contributed by atoms with van der Waals surface area (Å²) in [4.78, 5) is 12.6. The van der Waals surface area contributed by atoms with Crippen molar-refractivity contribution in [3.05, 3.63) is 70.8 Å². The average molecular weight is 673 g/mol. The van der Waals surface area contributed by atoms with Gasteiger partial charge in [-0.3, -0.25) is 0 Å². The first-order valence-electron chi connectivity index (χ1n) is 15.2. The van der Waals surface area contributed by atoms with Gasteiger partial charge in [-0.05, 0) is 77.4 Å². The molecule has 0 unspecified atom stereocenters. The van der Waals surface area contributed by atoms with Gasteiger partial charge in [0, 0.05) is 12.5 Å². The highest BCUT2D eigenvalue weighted by molar-refractivity contribution is 5.90. The van der Waals surface area contributed by atoms with E-state index in [1.54, 1.807) is 24.3 Å². The summed E-state index contributed by atoms with van der Waals surface area (Å²) in [5, 5.41) is 73.6. The fourth-order valence-electron chi connectivity index (χ4n) is 6.40. The van der Waals surface area contributed by atoms with Crippen LogP contribution in [0.3, 0.4) is 0 Å². The molecular formula is C34H40O14. The number of methoxy groups -OCH3 is 3. The van der Waals surface area contributed by atoms with Gasteiger partial charge >= 0.3 is 5.97 Å². The summed E-state index contributed by atoms with van der Waals surface area (Å²) in [7, 11) is 4.21. The van der Waals surface area contributed by atoms with Crippen molar-refractivity contribution in [1.82, 2.24) is 0 Å². The van der Waals surface area contributed by atoms with Crippen LogP contribution < -0.4 is 14.2 Å². The third-order valence-electron chi connectivity index (χ3n) is 9.00. The van der Waals surface area contributed by atoms with Crippen molar-refractivity contribution in [2.24, 2.45) is 11.8 Å². The van der Waals surface area contributed by atoms with Gasteiger partial charge in [0.1, 0.15) is 31.0 Å². The Hall–Kier alpha value is -4.31. The van der Waals surface area contributed by atoms with Gasteiger partial charge in [0.05, 0.1) is 33.5 Å². The van der Waals surface area contributed by atoms with E-state index in [1.807, 2.05) is 0 Å². The highest BCUT2D eigenvalue weighted by Gasteiger charge is 2.46. The molecule has 0 spiro atoms. The molecule has 1 heterocycles. The van der Waals surface area contributed by atoms with E-state index in [0.717, 1.165) is 11.6 Å². The first-order valence-corrected chi connectivity index (χ1v) is 15.2. The number of phenols is 3. The summed E-state index contributed by atoms with van der Waals surface area (Å²) in [6.07, 6.45) is -7.44. The molecular weight excluding hydrogens is 632 g/mol. The lowest BCUT2D eigenvalue weighted by molar-refractivity contribution is -0.304. The molecule has 8 atom stereocenters. The second-order valence-corrected chi connectivity index (χ2v) is 11.8. The predicted molar refractivity (Wildman–Crippen MR) is 167 cm³/mol. The van der Waals surface area contributed by atoms with Crippen molar-refractivity contribution in [3.63, 3.8) is 0 Å². The molecule has 14 nitrogen and oxygen atoms in total. The molecule has 0 amide bonds. The van der Waals surface area contributed by atoms with Gasteiger partial charge in [-0.1, -0.05) is 6.07 Å². The number of carbonyl (C=O) groups excluding carboxylic acids is 1. The summed E-state index contributed by atoms with van der Waals surface area (Å²) in [5.41, 5.74) is 2.21. The number of phenolic OH excluding ortho intramolecular Hbond substituents is 3. The number of hydrogen-bond donors (Lipinski definition) is 7. The molecule has 14 heteroatoms. The molecule has 260 valence electrons. The van der Waals surface area contributed by atoms with Gasteiger partial charge in [-0.2, -0.15) is 0 Å². The quantitative estimate of drug-likeness (QED) is 0.144. The Labute approximate surface area is 276 Å². The van der Waals surface area contributed by atoms with Crippen molar-refractivity contribution >= 4 is 5.97 Å². The number of fused-ring (bicyclic) bond motifs is 1. The van der Waals surface area contributed by atoms with E-state index in [9.17, 15) is 40.5 Å². The molecule has 0 saturated carbocycles. The van der Waals surface area contributed by atoms with Gasteiger partial charge < -0.3 is 64.2 Å². The number of hydrogen-bond acceptors (Lipinski definition) is 14. The highest BCUT2D eigenvalue weighted by atomic mass is 16.7. The lowest BCUT2D eigenvalue weighted by atomic mass is 9.67. The lowest BCUT2D eigenvalue weighted by Crippen LogP contribution is -2.59. The molecule has 7 N–H and O–H groups in total. The second-order valence-electron chi connectivity index (χ2n) is 11.8. The number of aliphatic hydroxyl groups excluding tert-OH is 4. The smallest absolute Gasteiger partial charge is 0.338 e. The van der Waals surface area contributed by atoms with Gasteiger partial charge in [-0.25, -0.2) is 4.79 Å². The molecule has 1 fully saturated rings. The standard InChI is InChI=1S/C34H40O14/c1-43-25-7-5-17(9-23(25)37)33(42)46-15-28-30(39)31(40)32(41)34(48-28)47-14-21-19(13-35)8-18-11-27(45-3)24(38)12-20(18)29(21)16-4-6-22(36)26(10-16)44-2/h4-7,9-12,19,21,28-32,34-41H,8,13-15H2,1-3H3/t19-,21-,28+,29-,30+,31-,32+,34+/m0/s1. The van der Waals surface area contributed by atoms with E-state index in [-0.39, 0.29) is 53.3 Å². The molecule has 2 aliphatic rings. The molecule has 48 heavy (non-hydrogen) atoms. The van der Waals surface area contributed by atoms with Crippen LogP contribution in [0.25, 0.3) is 0 Å². The van der Waals surface area contributed by atoms with Crippen LogP contribution in [-0.4, -0.2) is 114 Å². The topological polar surface area (TPSA) is 214 Å². The first kappa shape index (κ1) is 35.0. The molecule has 0 aromatic heterocycles. The highest BCUT2D eigenvalue weighted by Crippen LogP contribution is 2.48. The number of ether oxygens (including phenoxy) is 6. The minimum absolute atomic E-state index is 0.000155. The Balaban J connectivity index is 1.38. The zero-order chi connectivity index (χ0) is 34.7. The van der Waals surface area contributed by atoms with Gasteiger partial charge in [0.25, 0.3) is 0 Å². The molecule has 1 aliphatic carbocycles. The Kier molecular flexibility index (Phi) is 10.8. The molecule has 0 radical (unpaired) electrons. The van der Waals surface area contributed by atoms with Crippen molar-refractivity contribution in [2.45, 2.75) is 43.0 Å². The Morgan fingerprint density at radius 3 is 2.15 bits per heavy atom. The predicted octanol–water partition coefficient (Wildman–Crippen LogP) is 1.42. The third kappa shape index (κ3) is 6.95. The summed E-state index contributed by atoms with van der Waals surface area (Å²) in [5.74, 6) is -2.09. The summed E-state index contributed by atoms with van der Waals surface area (Å²) in [6, 6.07) is 12.0. The third-order valence-corrected chi connectivity index (χ3v) is 9.00. The molecule has 1 aliphatic heterocycles. The number of aromatic hydroxyl groups is 3. The van der Waals surface area contributed by atoms with Crippen LogP contribution in [0.4, 0.5) is 0 Å². The molecule has 0 bridgehead atoms. The summed E-state index contributed by atoms with van der Waals surface area (Å²) >= 11 is 0. The zero-order valence-electron chi connectivity index (χ0n) is 26.6.